The summed E-state index contributed by atoms with van der Waals surface area (Å²) in [6.45, 7) is 0. The zero-order valence-electron chi connectivity index (χ0n) is 13.7. The predicted octanol–water partition coefficient (Wildman–Crippen LogP) is 4.01. The highest BCUT2D eigenvalue weighted by molar-refractivity contribution is 9.10. The smallest absolute Gasteiger partial charge is 0.282 e. The first-order chi connectivity index (χ1) is 12.8. The summed E-state index contributed by atoms with van der Waals surface area (Å²) in [6.07, 6.45) is 0.654. The molecule has 7 nitrogen and oxygen atoms in total. The number of rotatable bonds is 5. The number of nitro benzene ring substituents is 1. The van der Waals surface area contributed by atoms with E-state index in [0.29, 0.717) is 17.4 Å². The number of hydrogen-bond donors (Lipinski definition) is 0. The van der Waals surface area contributed by atoms with Crippen molar-refractivity contribution in [2.75, 3.05) is 0 Å². The van der Waals surface area contributed by atoms with Gasteiger partial charge in [-0.3, -0.25) is 19.6 Å². The van der Waals surface area contributed by atoms with Crippen LogP contribution in [0.4, 0.5) is 10.1 Å². The number of hydrogen-bond acceptors (Lipinski definition) is 5. The first-order valence-electron chi connectivity index (χ1n) is 7.52. The number of aromatic nitrogens is 2. The molecule has 0 atom stereocenters. The molecule has 0 saturated heterocycles. The summed E-state index contributed by atoms with van der Waals surface area (Å²) in [5.74, 6) is -1.52. The van der Waals surface area contributed by atoms with Gasteiger partial charge in [0.2, 0.25) is 5.78 Å². The molecule has 0 fully saturated rings. The number of aldehydes is 1. The van der Waals surface area contributed by atoms with Crippen LogP contribution >= 0.6 is 27.5 Å². The Morgan fingerprint density at radius 2 is 2.15 bits per heavy atom. The molecule has 3 aromatic rings. The van der Waals surface area contributed by atoms with E-state index in [9.17, 15) is 24.1 Å². The van der Waals surface area contributed by atoms with E-state index in [2.05, 4.69) is 21.0 Å². The summed E-state index contributed by atoms with van der Waals surface area (Å²) in [6, 6.07) is 4.38. The van der Waals surface area contributed by atoms with E-state index in [0.717, 1.165) is 12.1 Å². The van der Waals surface area contributed by atoms with Crippen molar-refractivity contribution in [3.63, 3.8) is 0 Å². The topological polar surface area (TPSA) is 95.1 Å². The lowest BCUT2D eigenvalue weighted by Crippen LogP contribution is -2.08. The van der Waals surface area contributed by atoms with Crippen LogP contribution in [0.25, 0.3) is 10.9 Å². The summed E-state index contributed by atoms with van der Waals surface area (Å²) in [4.78, 5) is 34.8. The molecule has 0 saturated carbocycles. The Morgan fingerprint density at radius 1 is 1.44 bits per heavy atom. The molecular weight excluding hydrogens is 445 g/mol. The molecule has 1 aromatic heterocycles. The molecular formula is C17H10BrClFN3O4. The molecule has 0 spiro atoms. The first-order valence-corrected chi connectivity index (χ1v) is 8.69. The van der Waals surface area contributed by atoms with Crippen LogP contribution in [0.2, 0.25) is 5.02 Å². The SMILES string of the molecule is Cn1nc2c(Br)c(C(=O)c3cc(F)ccc3Cl)c([N+](=O)[O-])cc2c1CC=O. The number of carbonyl (C=O) groups excluding carboxylic acids is 2. The Hall–Kier alpha value is -2.65. The van der Waals surface area contributed by atoms with Crippen LogP contribution in [0.1, 0.15) is 21.6 Å². The van der Waals surface area contributed by atoms with Gasteiger partial charge in [0.05, 0.1) is 20.1 Å². The Labute approximate surface area is 165 Å². The van der Waals surface area contributed by atoms with Crippen molar-refractivity contribution >= 4 is 56.2 Å². The summed E-state index contributed by atoms with van der Waals surface area (Å²) in [7, 11) is 1.59. The van der Waals surface area contributed by atoms with Gasteiger partial charge in [0, 0.05) is 30.5 Å². The number of fused-ring (bicyclic) bond motifs is 1. The fourth-order valence-electron chi connectivity index (χ4n) is 2.82. The van der Waals surface area contributed by atoms with Crippen molar-refractivity contribution in [2.24, 2.45) is 7.05 Å². The summed E-state index contributed by atoms with van der Waals surface area (Å²) in [5.41, 5.74) is -0.262. The molecule has 0 aliphatic rings. The number of carbonyl (C=O) groups is 2. The third kappa shape index (κ3) is 3.24. The second kappa shape index (κ2) is 7.16. The third-order valence-electron chi connectivity index (χ3n) is 4.04. The van der Waals surface area contributed by atoms with Crippen LogP contribution in [0.3, 0.4) is 0 Å². The van der Waals surface area contributed by atoms with Crippen molar-refractivity contribution < 1.29 is 18.9 Å². The number of nitro groups is 1. The van der Waals surface area contributed by atoms with E-state index in [1.54, 1.807) is 7.05 Å². The molecule has 0 N–H and O–H groups in total. The summed E-state index contributed by atoms with van der Waals surface area (Å²) < 4.78 is 15.1. The molecule has 0 unspecified atom stereocenters. The molecule has 0 aliphatic carbocycles. The second-order valence-electron chi connectivity index (χ2n) is 5.63. The molecule has 0 radical (unpaired) electrons. The van der Waals surface area contributed by atoms with Crippen molar-refractivity contribution in [3.8, 4) is 0 Å². The Balaban J connectivity index is 2.35. The van der Waals surface area contributed by atoms with Crippen LogP contribution in [0.5, 0.6) is 0 Å². The van der Waals surface area contributed by atoms with Gasteiger partial charge in [0.1, 0.15) is 23.2 Å². The Bertz CT molecular complexity index is 1130. The zero-order valence-corrected chi connectivity index (χ0v) is 16.0. The number of aryl methyl sites for hydroxylation is 1. The number of ketones is 1. The maximum Gasteiger partial charge on any atom is 0.282 e. The van der Waals surface area contributed by atoms with Gasteiger partial charge in [0.25, 0.3) is 5.69 Å². The molecule has 0 aliphatic heterocycles. The van der Waals surface area contributed by atoms with E-state index in [4.69, 9.17) is 11.6 Å². The normalized spacial score (nSPS) is 11.0. The maximum atomic E-state index is 13.6. The van der Waals surface area contributed by atoms with E-state index < -0.39 is 22.2 Å². The fourth-order valence-corrected chi connectivity index (χ4v) is 3.70. The van der Waals surface area contributed by atoms with Gasteiger partial charge < -0.3 is 4.79 Å². The zero-order chi connectivity index (χ0) is 19.9. The molecule has 138 valence electrons. The van der Waals surface area contributed by atoms with Gasteiger partial charge in [-0.15, -0.1) is 0 Å². The minimum atomic E-state index is -0.817. The molecule has 27 heavy (non-hydrogen) atoms. The van der Waals surface area contributed by atoms with Crippen molar-refractivity contribution in [1.82, 2.24) is 9.78 Å². The lowest BCUT2D eigenvalue weighted by Gasteiger charge is -2.08. The lowest BCUT2D eigenvalue weighted by molar-refractivity contribution is -0.385. The number of benzene rings is 2. The van der Waals surface area contributed by atoms with E-state index in [-0.39, 0.29) is 32.6 Å². The summed E-state index contributed by atoms with van der Waals surface area (Å²) in [5, 5.41) is 16.2. The van der Waals surface area contributed by atoms with Crippen molar-refractivity contribution in [2.45, 2.75) is 6.42 Å². The van der Waals surface area contributed by atoms with E-state index >= 15 is 0 Å². The van der Waals surface area contributed by atoms with Gasteiger partial charge in [-0.25, -0.2) is 4.39 Å². The number of nitrogens with zero attached hydrogens (tertiary/aromatic N) is 3. The largest absolute Gasteiger partial charge is 0.303 e. The quantitative estimate of drug-likeness (QED) is 0.251. The number of halogens is 3. The van der Waals surface area contributed by atoms with Crippen molar-refractivity contribution in [3.05, 3.63) is 66.5 Å². The van der Waals surface area contributed by atoms with Crippen LogP contribution in [0, 0.1) is 15.9 Å². The molecule has 2 aromatic carbocycles. The molecule has 10 heteroatoms. The third-order valence-corrected chi connectivity index (χ3v) is 5.15. The standard InChI is InChI=1S/C17H10BrClFN3O4/c1-22-12(4-5-24)10-7-13(23(26)27)14(15(18)16(10)21-22)17(25)9-6-8(20)2-3-11(9)19/h2-3,5-7H,4H2,1H3. The molecule has 1 heterocycles. The molecule has 0 amide bonds. The van der Waals surface area contributed by atoms with E-state index in [1.165, 1.54) is 16.8 Å². The maximum absolute atomic E-state index is 13.6. The fraction of sp³-hybridized carbons (Fsp3) is 0.118. The second-order valence-corrected chi connectivity index (χ2v) is 6.83. The van der Waals surface area contributed by atoms with Crippen LogP contribution < -0.4 is 0 Å². The van der Waals surface area contributed by atoms with Gasteiger partial charge in [0.15, 0.2) is 0 Å². The lowest BCUT2D eigenvalue weighted by atomic mass is 9.99. The average molecular weight is 455 g/mol. The highest BCUT2D eigenvalue weighted by Gasteiger charge is 2.30. The first kappa shape index (κ1) is 19.1. The van der Waals surface area contributed by atoms with Crippen LogP contribution in [0.15, 0.2) is 28.7 Å². The van der Waals surface area contributed by atoms with Gasteiger partial charge >= 0.3 is 0 Å². The highest BCUT2D eigenvalue weighted by Crippen LogP contribution is 2.38. The minimum Gasteiger partial charge on any atom is -0.303 e. The van der Waals surface area contributed by atoms with Crippen LogP contribution in [-0.4, -0.2) is 26.8 Å². The predicted molar refractivity (Wildman–Crippen MR) is 99.7 cm³/mol. The van der Waals surface area contributed by atoms with E-state index in [1.807, 2.05) is 0 Å². The summed E-state index contributed by atoms with van der Waals surface area (Å²) >= 11 is 9.20. The Kier molecular flexibility index (Phi) is 5.07. The Morgan fingerprint density at radius 3 is 2.78 bits per heavy atom. The average Bonchev–Trinajstić information content (AvgIpc) is 2.93. The monoisotopic (exact) mass is 453 g/mol. The van der Waals surface area contributed by atoms with Crippen molar-refractivity contribution in [1.29, 1.82) is 0 Å². The van der Waals surface area contributed by atoms with Crippen LogP contribution in [-0.2, 0) is 18.3 Å². The highest BCUT2D eigenvalue weighted by atomic mass is 79.9. The molecule has 3 rings (SSSR count). The van der Waals surface area contributed by atoms with Gasteiger partial charge in [-0.05, 0) is 34.1 Å². The van der Waals surface area contributed by atoms with Gasteiger partial charge in [-0.1, -0.05) is 11.6 Å². The van der Waals surface area contributed by atoms with Gasteiger partial charge in [-0.2, -0.15) is 5.10 Å². The minimum absolute atomic E-state index is 0.000385. The molecule has 0 bridgehead atoms.